The highest BCUT2D eigenvalue weighted by molar-refractivity contribution is 7.14. The second-order valence-corrected chi connectivity index (χ2v) is 11.5. The highest BCUT2D eigenvalue weighted by Gasteiger charge is 2.69. The van der Waals surface area contributed by atoms with Crippen molar-refractivity contribution in [3.05, 3.63) is 40.3 Å². The molecule has 1 aromatic carbocycles. The van der Waals surface area contributed by atoms with Crippen molar-refractivity contribution in [1.82, 2.24) is 4.90 Å². The molecular formula is C26H23ClN2O8S. The number of aromatic hydroxyl groups is 1. The minimum Gasteiger partial charge on any atom is -0.507 e. The monoisotopic (exact) mass is 558 g/mol. The molecule has 3 aliphatic rings. The van der Waals surface area contributed by atoms with Crippen LogP contribution in [-0.4, -0.2) is 75.1 Å². The molecule has 198 valence electrons. The lowest BCUT2D eigenvalue weighted by molar-refractivity contribution is -0.181. The Bertz CT molecular complexity index is 1460. The van der Waals surface area contributed by atoms with Gasteiger partial charge in [0.2, 0.25) is 5.91 Å². The number of likely N-dealkylation sites (N-methyl/N-ethyl adjacent to an activating group) is 1. The molecule has 2 unspecified atom stereocenters. The Morgan fingerprint density at radius 1 is 1.13 bits per heavy atom. The largest absolute Gasteiger partial charge is 0.507 e. The standard InChI is InChI=1S/C26H23ClN2O8S/c1-29(2)18-13-8-9-7-12-10(21-11(24(27)35)5-6-38-21)3-4-14(30)16(12)19(31)15(9)22(33)26(13,37)23(34)17(20(18)32)25(28)36/h3-6,9,13,15,17-18,30,37H,7-8H2,1-2H3,(H2,28,36)/t9-,13-,15?,17?,18-,26-/m0/s1. The maximum atomic E-state index is 13.8. The van der Waals surface area contributed by atoms with Gasteiger partial charge in [-0.3, -0.25) is 33.7 Å². The summed E-state index contributed by atoms with van der Waals surface area (Å²) in [6, 6.07) is 3.20. The number of carbonyl (C=O) groups excluding carboxylic acids is 6. The smallest absolute Gasteiger partial charge is 0.253 e. The van der Waals surface area contributed by atoms with Crippen molar-refractivity contribution in [2.24, 2.45) is 29.4 Å². The van der Waals surface area contributed by atoms with E-state index in [4.69, 9.17) is 17.3 Å². The third-order valence-corrected chi connectivity index (χ3v) is 9.22. The number of carbonyl (C=O) groups is 6. The van der Waals surface area contributed by atoms with E-state index in [1.54, 1.807) is 17.5 Å². The van der Waals surface area contributed by atoms with Crippen LogP contribution in [0.3, 0.4) is 0 Å². The third kappa shape index (κ3) is 3.46. The normalized spacial score (nSPS) is 30.6. The number of hydrogen-bond donors (Lipinski definition) is 3. The molecule has 2 aromatic rings. The number of phenolic OH excluding ortho intramolecular Hbond substituents is 1. The van der Waals surface area contributed by atoms with Gasteiger partial charge in [-0.05, 0) is 79.2 Å². The molecule has 0 aliphatic heterocycles. The number of Topliss-reactive ketones (excluding diaryl/α,β-unsaturated/α-hetero) is 4. The molecule has 12 heteroatoms. The van der Waals surface area contributed by atoms with Crippen molar-refractivity contribution in [3.8, 4) is 16.2 Å². The van der Waals surface area contributed by atoms with E-state index in [-0.39, 0.29) is 24.0 Å². The second-order valence-electron chi connectivity index (χ2n) is 10.2. The zero-order chi connectivity index (χ0) is 27.8. The molecule has 2 saturated carbocycles. The van der Waals surface area contributed by atoms with Crippen LogP contribution in [0.4, 0.5) is 0 Å². The van der Waals surface area contributed by atoms with Crippen molar-refractivity contribution in [2.75, 3.05) is 14.1 Å². The first-order valence-electron chi connectivity index (χ1n) is 11.8. The Kier molecular flexibility index (Phi) is 6.18. The van der Waals surface area contributed by atoms with Crippen LogP contribution >= 0.6 is 22.9 Å². The number of benzene rings is 1. The Morgan fingerprint density at radius 3 is 2.42 bits per heavy atom. The van der Waals surface area contributed by atoms with Crippen LogP contribution in [0.5, 0.6) is 5.75 Å². The zero-order valence-corrected chi connectivity index (χ0v) is 21.8. The van der Waals surface area contributed by atoms with Crippen molar-refractivity contribution >= 4 is 57.2 Å². The summed E-state index contributed by atoms with van der Waals surface area (Å²) in [7, 11) is 3.04. The van der Waals surface area contributed by atoms with Gasteiger partial charge >= 0.3 is 0 Å². The average Bonchev–Trinajstić information content (AvgIpc) is 3.31. The number of thiophene rings is 1. The third-order valence-electron chi connectivity index (χ3n) is 8.07. The van der Waals surface area contributed by atoms with Crippen molar-refractivity contribution < 1.29 is 39.0 Å². The number of hydrogen-bond acceptors (Lipinski definition) is 10. The summed E-state index contributed by atoms with van der Waals surface area (Å²) >= 11 is 6.97. The highest BCUT2D eigenvalue weighted by atomic mass is 35.5. The number of aliphatic hydroxyl groups is 1. The number of rotatable bonds is 4. The number of nitrogens with two attached hydrogens (primary N) is 1. The van der Waals surface area contributed by atoms with Crippen molar-refractivity contribution in [2.45, 2.75) is 24.5 Å². The number of phenols is 1. The van der Waals surface area contributed by atoms with E-state index in [1.165, 1.54) is 36.4 Å². The van der Waals surface area contributed by atoms with Gasteiger partial charge in [0.1, 0.15) is 5.75 Å². The molecule has 4 N–H and O–H groups in total. The van der Waals surface area contributed by atoms with Gasteiger partial charge in [0.25, 0.3) is 5.24 Å². The summed E-state index contributed by atoms with van der Waals surface area (Å²) < 4.78 is 0. The van der Waals surface area contributed by atoms with Crippen LogP contribution in [0.15, 0.2) is 23.6 Å². The molecule has 0 radical (unpaired) electrons. The van der Waals surface area contributed by atoms with Crippen molar-refractivity contribution in [3.63, 3.8) is 0 Å². The lowest BCUT2D eigenvalue weighted by Crippen LogP contribution is -2.74. The van der Waals surface area contributed by atoms with Gasteiger partial charge in [-0.1, -0.05) is 0 Å². The van der Waals surface area contributed by atoms with E-state index in [0.29, 0.717) is 16.0 Å². The van der Waals surface area contributed by atoms with E-state index < -0.39 is 75.3 Å². The molecule has 38 heavy (non-hydrogen) atoms. The molecule has 1 heterocycles. The van der Waals surface area contributed by atoms with E-state index in [1.807, 2.05) is 0 Å². The number of primary amides is 1. The number of nitrogens with zero attached hydrogens (tertiary/aromatic N) is 1. The molecule has 0 spiro atoms. The number of amides is 1. The fourth-order valence-electron chi connectivity index (χ4n) is 6.49. The molecule has 6 atom stereocenters. The Labute approximate surface area is 225 Å². The van der Waals surface area contributed by atoms with Crippen LogP contribution < -0.4 is 5.73 Å². The van der Waals surface area contributed by atoms with Crippen LogP contribution in [-0.2, 0) is 25.6 Å². The van der Waals surface area contributed by atoms with Crippen LogP contribution in [0.2, 0.25) is 0 Å². The lowest BCUT2D eigenvalue weighted by Gasteiger charge is -2.52. The summed E-state index contributed by atoms with van der Waals surface area (Å²) in [5, 5.41) is 23.2. The predicted octanol–water partition coefficient (Wildman–Crippen LogP) is 0.975. The summed E-state index contributed by atoms with van der Waals surface area (Å²) in [5.41, 5.74) is 3.52. The molecule has 1 amide bonds. The van der Waals surface area contributed by atoms with Gasteiger partial charge in [0.05, 0.1) is 23.1 Å². The second kappa shape index (κ2) is 8.91. The van der Waals surface area contributed by atoms with Gasteiger partial charge in [0.15, 0.2) is 34.7 Å². The first kappa shape index (κ1) is 26.4. The van der Waals surface area contributed by atoms with E-state index in [9.17, 15) is 39.0 Å². The average molecular weight is 559 g/mol. The molecule has 1 aromatic heterocycles. The Hall–Kier alpha value is -3.25. The fraction of sp³-hybridized carbons (Fsp3) is 0.385. The topological polar surface area (TPSA) is 172 Å². The Balaban J connectivity index is 1.67. The molecule has 0 bridgehead atoms. The molecule has 0 saturated heterocycles. The van der Waals surface area contributed by atoms with E-state index >= 15 is 0 Å². The first-order valence-corrected chi connectivity index (χ1v) is 13.0. The van der Waals surface area contributed by atoms with Crippen LogP contribution in [0.1, 0.15) is 32.7 Å². The molecular weight excluding hydrogens is 536 g/mol. The van der Waals surface area contributed by atoms with E-state index in [0.717, 1.165) is 0 Å². The first-order chi connectivity index (χ1) is 17.8. The molecule has 5 rings (SSSR count). The highest BCUT2D eigenvalue weighted by Crippen LogP contribution is 2.52. The van der Waals surface area contributed by atoms with E-state index in [2.05, 4.69) is 0 Å². The maximum absolute atomic E-state index is 13.8. The number of ketones is 4. The number of halogens is 1. The minimum absolute atomic E-state index is 0.0648. The van der Waals surface area contributed by atoms with Gasteiger partial charge in [-0.25, -0.2) is 0 Å². The Morgan fingerprint density at radius 2 is 1.82 bits per heavy atom. The van der Waals surface area contributed by atoms with Crippen LogP contribution in [0, 0.1) is 23.7 Å². The fourth-order valence-corrected chi connectivity index (χ4v) is 7.65. The quantitative estimate of drug-likeness (QED) is 0.365. The van der Waals surface area contributed by atoms with Gasteiger partial charge in [-0.15, -0.1) is 11.3 Å². The maximum Gasteiger partial charge on any atom is 0.253 e. The lowest BCUT2D eigenvalue weighted by atomic mass is 9.52. The van der Waals surface area contributed by atoms with Crippen molar-refractivity contribution in [1.29, 1.82) is 0 Å². The zero-order valence-electron chi connectivity index (χ0n) is 20.3. The van der Waals surface area contributed by atoms with Gasteiger partial charge < -0.3 is 15.9 Å². The summed E-state index contributed by atoms with van der Waals surface area (Å²) in [6.45, 7) is 0. The van der Waals surface area contributed by atoms with Gasteiger partial charge in [-0.2, -0.15) is 0 Å². The summed E-state index contributed by atoms with van der Waals surface area (Å²) in [5.74, 6) is -11.2. The van der Waals surface area contributed by atoms with Crippen LogP contribution in [0.25, 0.3) is 10.4 Å². The summed E-state index contributed by atoms with van der Waals surface area (Å²) in [4.78, 5) is 80.0. The minimum atomic E-state index is -2.78. The number of fused-ring (bicyclic) bond motifs is 3. The van der Waals surface area contributed by atoms with Gasteiger partial charge in [0, 0.05) is 10.8 Å². The molecule has 3 aliphatic carbocycles. The molecule has 10 nitrogen and oxygen atoms in total. The molecule has 2 fully saturated rings. The SMILES string of the molecule is CN(C)[C@@H]1C(=O)C(C(N)=O)C(=O)[C@@]2(O)C(=O)C3C(=O)c4c(O)ccc(-c5sccc5C(=O)Cl)c4C[C@H]3C[C@@H]12. The summed E-state index contributed by atoms with van der Waals surface area (Å²) in [6.07, 6.45) is 0.0219. The predicted molar refractivity (Wildman–Crippen MR) is 135 cm³/mol.